The molecule has 1 aliphatic carbocycles. The topological polar surface area (TPSA) is 70.1 Å². The zero-order chi connectivity index (χ0) is 21.5. The molecule has 2 N–H and O–H groups in total. The molecule has 1 unspecified atom stereocenters. The van der Waals surface area contributed by atoms with Crippen LogP contribution in [0, 0.1) is 16.7 Å². The first-order valence-electron chi connectivity index (χ1n) is 10.1. The largest absolute Gasteiger partial charge is 0.384 e. The third kappa shape index (κ3) is 3.46. The third-order valence-electron chi connectivity index (χ3n) is 5.64. The van der Waals surface area contributed by atoms with Crippen LogP contribution in [0.3, 0.4) is 0 Å². The van der Waals surface area contributed by atoms with E-state index in [-0.39, 0.29) is 11.2 Å². The Hall–Kier alpha value is -2.49. The number of hydrogen-bond donors (Lipinski definition) is 1. The van der Waals surface area contributed by atoms with Crippen LogP contribution in [0.2, 0.25) is 0 Å². The van der Waals surface area contributed by atoms with Gasteiger partial charge in [-0.25, -0.2) is 0 Å². The van der Waals surface area contributed by atoms with E-state index >= 15 is 0 Å². The molecule has 2 aliphatic rings. The van der Waals surface area contributed by atoms with Crippen molar-refractivity contribution >= 4 is 34.6 Å². The fourth-order valence-electron chi connectivity index (χ4n) is 4.46. The van der Waals surface area contributed by atoms with E-state index in [1.165, 1.54) is 0 Å². The van der Waals surface area contributed by atoms with Crippen molar-refractivity contribution in [2.24, 2.45) is 11.1 Å². The summed E-state index contributed by atoms with van der Waals surface area (Å²) in [5, 5.41) is 12.2. The highest BCUT2D eigenvalue weighted by Crippen LogP contribution is 2.52. The molecule has 6 heteroatoms. The second kappa shape index (κ2) is 7.98. The summed E-state index contributed by atoms with van der Waals surface area (Å²) in [6.45, 7) is 6.35. The first-order valence-corrected chi connectivity index (χ1v) is 12.0. The zero-order valence-electron chi connectivity index (χ0n) is 17.4. The van der Waals surface area contributed by atoms with E-state index in [2.05, 4.69) is 26.8 Å². The molecule has 30 heavy (non-hydrogen) atoms. The molecule has 0 saturated carbocycles. The molecule has 4 nitrogen and oxygen atoms in total. The Bertz CT molecular complexity index is 1090. The lowest BCUT2D eigenvalue weighted by Gasteiger charge is -2.43. The molecule has 0 radical (unpaired) electrons. The van der Waals surface area contributed by atoms with Gasteiger partial charge >= 0.3 is 0 Å². The van der Waals surface area contributed by atoms with Crippen molar-refractivity contribution in [2.45, 2.75) is 43.7 Å². The van der Waals surface area contributed by atoms with Gasteiger partial charge in [0, 0.05) is 23.4 Å². The molecule has 2 heterocycles. The van der Waals surface area contributed by atoms with Crippen LogP contribution >= 0.6 is 23.1 Å². The van der Waals surface area contributed by atoms with Crippen molar-refractivity contribution in [3.63, 3.8) is 0 Å². The van der Waals surface area contributed by atoms with Gasteiger partial charge in [-0.15, -0.1) is 23.1 Å². The number of para-hydroxylation sites is 1. The van der Waals surface area contributed by atoms with Crippen LogP contribution in [0.4, 0.5) is 5.69 Å². The number of Topliss-reactive ketones (excluding diaryl/α,β-unsaturated/α-hetero) is 1. The zero-order valence-corrected chi connectivity index (χ0v) is 19.1. The molecule has 4 rings (SSSR count). The van der Waals surface area contributed by atoms with Crippen molar-refractivity contribution in [2.75, 3.05) is 10.7 Å². The molecule has 0 fully saturated rings. The minimum absolute atomic E-state index is 0.117. The van der Waals surface area contributed by atoms with E-state index < -0.39 is 5.92 Å². The maximum absolute atomic E-state index is 13.5. The summed E-state index contributed by atoms with van der Waals surface area (Å²) in [6, 6.07) is 14.2. The van der Waals surface area contributed by atoms with Crippen molar-refractivity contribution < 1.29 is 4.79 Å². The van der Waals surface area contributed by atoms with Crippen LogP contribution in [0.25, 0.3) is 0 Å². The monoisotopic (exact) mass is 435 g/mol. The lowest BCUT2D eigenvalue weighted by atomic mass is 9.69. The number of allylic oxidation sites excluding steroid dienone is 3. The van der Waals surface area contributed by atoms with Crippen LogP contribution in [0.5, 0.6) is 0 Å². The average Bonchev–Trinajstić information content (AvgIpc) is 3.15. The summed E-state index contributed by atoms with van der Waals surface area (Å²) < 4.78 is 1.15. The Morgan fingerprint density at radius 3 is 2.67 bits per heavy atom. The number of thiophene rings is 1. The minimum Gasteiger partial charge on any atom is -0.384 e. The quantitative estimate of drug-likeness (QED) is 0.615. The number of ketones is 1. The molecule has 0 spiro atoms. The fourth-order valence-corrected chi connectivity index (χ4v) is 6.53. The third-order valence-corrected chi connectivity index (χ3v) is 7.79. The second-order valence-electron chi connectivity index (χ2n) is 8.41. The normalized spacial score (nSPS) is 20.9. The maximum Gasteiger partial charge on any atom is 0.162 e. The highest BCUT2D eigenvalue weighted by atomic mass is 32.2. The summed E-state index contributed by atoms with van der Waals surface area (Å²) in [6.07, 6.45) is 1.21. The predicted octanol–water partition coefficient (Wildman–Crippen LogP) is 5.80. The lowest BCUT2D eigenvalue weighted by Crippen LogP contribution is -2.42. The van der Waals surface area contributed by atoms with Crippen LogP contribution in [0.1, 0.15) is 45.1 Å². The van der Waals surface area contributed by atoms with Gasteiger partial charge in [-0.05, 0) is 46.7 Å². The summed E-state index contributed by atoms with van der Waals surface area (Å²) in [7, 11) is 0. The molecule has 2 aromatic rings. The number of nitrogens with two attached hydrogens (primary N) is 1. The average molecular weight is 436 g/mol. The molecule has 1 aliphatic heterocycles. The van der Waals surface area contributed by atoms with E-state index in [0.717, 1.165) is 38.9 Å². The predicted molar refractivity (Wildman–Crippen MR) is 124 cm³/mol. The van der Waals surface area contributed by atoms with E-state index in [4.69, 9.17) is 5.73 Å². The molecule has 154 valence electrons. The molecular weight excluding hydrogens is 410 g/mol. The number of hydrogen-bond acceptors (Lipinski definition) is 6. The van der Waals surface area contributed by atoms with Gasteiger partial charge in [0.25, 0.3) is 0 Å². The van der Waals surface area contributed by atoms with Gasteiger partial charge in [0.05, 0.1) is 21.8 Å². The SMILES string of the molecule is CCSc1sccc1C1C(C#N)=C(N)N(c2ccccc2)C2=C1C(=O)CC(C)(C)C2. The lowest BCUT2D eigenvalue weighted by molar-refractivity contribution is -0.118. The summed E-state index contributed by atoms with van der Waals surface area (Å²) in [5.41, 5.74) is 10.5. The number of nitriles is 1. The van der Waals surface area contributed by atoms with Crippen LogP contribution in [-0.4, -0.2) is 11.5 Å². The van der Waals surface area contributed by atoms with Crippen LogP contribution in [0.15, 0.2) is 68.7 Å². The van der Waals surface area contributed by atoms with E-state index in [1.807, 2.05) is 46.7 Å². The Morgan fingerprint density at radius 2 is 2.00 bits per heavy atom. The van der Waals surface area contributed by atoms with Crippen LogP contribution in [-0.2, 0) is 4.79 Å². The number of thioether (sulfide) groups is 1. The van der Waals surface area contributed by atoms with Crippen molar-refractivity contribution in [3.05, 3.63) is 70.0 Å². The summed E-state index contributed by atoms with van der Waals surface area (Å²) in [5.74, 6) is 1.08. The van der Waals surface area contributed by atoms with Gasteiger partial charge < -0.3 is 5.73 Å². The first-order chi connectivity index (χ1) is 14.4. The number of carbonyl (C=O) groups is 1. The number of nitrogens with zero attached hydrogens (tertiary/aromatic N) is 2. The molecule has 0 amide bonds. The van der Waals surface area contributed by atoms with Gasteiger partial charge in [-0.1, -0.05) is 39.0 Å². The Morgan fingerprint density at radius 1 is 1.27 bits per heavy atom. The number of carbonyl (C=O) groups excluding carboxylic acids is 1. The van der Waals surface area contributed by atoms with Gasteiger partial charge in [0.15, 0.2) is 5.78 Å². The number of benzene rings is 1. The van der Waals surface area contributed by atoms with E-state index in [0.29, 0.717) is 17.8 Å². The molecule has 1 aromatic heterocycles. The molecule has 1 aromatic carbocycles. The van der Waals surface area contributed by atoms with E-state index in [9.17, 15) is 10.1 Å². The highest BCUT2D eigenvalue weighted by Gasteiger charge is 2.45. The minimum atomic E-state index is -0.395. The van der Waals surface area contributed by atoms with Crippen molar-refractivity contribution in [1.29, 1.82) is 5.26 Å². The molecule has 1 atom stereocenters. The summed E-state index contributed by atoms with van der Waals surface area (Å²) >= 11 is 3.41. The summed E-state index contributed by atoms with van der Waals surface area (Å²) in [4.78, 5) is 15.4. The maximum atomic E-state index is 13.5. The van der Waals surface area contributed by atoms with Gasteiger partial charge in [0.1, 0.15) is 5.82 Å². The van der Waals surface area contributed by atoms with E-state index in [1.54, 1.807) is 23.1 Å². The van der Waals surface area contributed by atoms with Crippen LogP contribution < -0.4 is 10.6 Å². The molecular formula is C24H25N3OS2. The Labute approximate surface area is 186 Å². The van der Waals surface area contributed by atoms with Gasteiger partial charge in [-0.3, -0.25) is 9.69 Å². The number of anilines is 1. The second-order valence-corrected chi connectivity index (χ2v) is 10.9. The Balaban J connectivity index is 1.99. The fraction of sp³-hybridized carbons (Fsp3) is 0.333. The van der Waals surface area contributed by atoms with Gasteiger partial charge in [0.2, 0.25) is 0 Å². The van der Waals surface area contributed by atoms with Crippen molar-refractivity contribution in [3.8, 4) is 6.07 Å². The molecule has 0 bridgehead atoms. The smallest absolute Gasteiger partial charge is 0.162 e. The standard InChI is InChI=1S/C24H25N3OS2/c1-4-29-23-16(10-11-30-23)20-17(14-25)22(26)27(15-8-6-5-7-9-15)18-12-24(2,3)13-19(28)21(18)20/h5-11,20H,4,12-13,26H2,1-3H3. The molecule has 0 saturated heterocycles. The van der Waals surface area contributed by atoms with Crippen molar-refractivity contribution in [1.82, 2.24) is 0 Å². The van der Waals surface area contributed by atoms with Gasteiger partial charge in [-0.2, -0.15) is 5.26 Å². The number of rotatable bonds is 4. The Kier molecular flexibility index (Phi) is 5.52. The highest BCUT2D eigenvalue weighted by molar-refractivity contribution is 8.01. The first kappa shape index (κ1) is 20.8.